The predicted molar refractivity (Wildman–Crippen MR) is 73.9 cm³/mol. The summed E-state index contributed by atoms with van der Waals surface area (Å²) in [6, 6.07) is 13.9. The van der Waals surface area contributed by atoms with Crippen LogP contribution >= 0.6 is 0 Å². The summed E-state index contributed by atoms with van der Waals surface area (Å²) in [6.45, 7) is 5.84. The number of rotatable bonds is 3. The molecule has 2 aromatic carbocycles. The SMILES string of the molecule is CC(C)(C)C(=O)COc1cccc2ccccc12. The molecule has 0 amide bonds. The molecule has 0 unspecified atom stereocenters. The highest BCUT2D eigenvalue weighted by atomic mass is 16.5. The number of hydrogen-bond donors (Lipinski definition) is 0. The van der Waals surface area contributed by atoms with Gasteiger partial charge >= 0.3 is 0 Å². The molecule has 2 rings (SSSR count). The van der Waals surface area contributed by atoms with Crippen molar-refractivity contribution in [3.63, 3.8) is 0 Å². The van der Waals surface area contributed by atoms with Crippen LogP contribution in [-0.4, -0.2) is 12.4 Å². The van der Waals surface area contributed by atoms with Crippen molar-refractivity contribution in [2.24, 2.45) is 5.41 Å². The minimum Gasteiger partial charge on any atom is -0.485 e. The molecule has 2 aromatic rings. The molecule has 0 spiro atoms. The Balaban J connectivity index is 2.20. The van der Waals surface area contributed by atoms with Gasteiger partial charge in [-0.05, 0) is 11.5 Å². The second-order valence-corrected chi connectivity index (χ2v) is 5.44. The lowest BCUT2D eigenvalue weighted by molar-refractivity contribution is -0.128. The summed E-state index contributed by atoms with van der Waals surface area (Å²) in [4.78, 5) is 11.8. The lowest BCUT2D eigenvalue weighted by Gasteiger charge is -2.17. The lowest BCUT2D eigenvalue weighted by Crippen LogP contribution is -2.26. The van der Waals surface area contributed by atoms with Gasteiger partial charge in [0.1, 0.15) is 12.4 Å². The molecule has 0 N–H and O–H groups in total. The van der Waals surface area contributed by atoms with E-state index in [1.807, 2.05) is 63.2 Å². The van der Waals surface area contributed by atoms with Gasteiger partial charge < -0.3 is 4.74 Å². The van der Waals surface area contributed by atoms with E-state index in [-0.39, 0.29) is 17.8 Å². The van der Waals surface area contributed by atoms with E-state index in [1.54, 1.807) is 0 Å². The highest BCUT2D eigenvalue weighted by Gasteiger charge is 2.21. The average molecular weight is 242 g/mol. The van der Waals surface area contributed by atoms with Gasteiger partial charge in [0, 0.05) is 10.8 Å². The normalized spacial score (nSPS) is 11.5. The van der Waals surface area contributed by atoms with Crippen LogP contribution in [0, 0.1) is 5.41 Å². The number of Topliss-reactive ketones (excluding diaryl/α,β-unsaturated/α-hetero) is 1. The number of carbonyl (C=O) groups excluding carboxylic acids is 1. The Labute approximate surface area is 108 Å². The zero-order valence-electron chi connectivity index (χ0n) is 11.1. The van der Waals surface area contributed by atoms with Gasteiger partial charge in [-0.3, -0.25) is 4.79 Å². The molecule has 0 radical (unpaired) electrons. The number of ketones is 1. The van der Waals surface area contributed by atoms with E-state index in [4.69, 9.17) is 4.74 Å². The van der Waals surface area contributed by atoms with Crippen molar-refractivity contribution in [2.75, 3.05) is 6.61 Å². The third kappa shape index (κ3) is 2.70. The molecule has 0 bridgehead atoms. The Morgan fingerprint density at radius 2 is 1.72 bits per heavy atom. The Kier molecular flexibility index (Phi) is 3.37. The van der Waals surface area contributed by atoms with Gasteiger partial charge in [-0.1, -0.05) is 57.2 Å². The lowest BCUT2D eigenvalue weighted by atomic mass is 9.91. The molecule has 94 valence electrons. The van der Waals surface area contributed by atoms with Crippen molar-refractivity contribution in [1.82, 2.24) is 0 Å². The second-order valence-electron chi connectivity index (χ2n) is 5.44. The van der Waals surface area contributed by atoms with E-state index in [9.17, 15) is 4.79 Å². The molecule has 2 nitrogen and oxygen atoms in total. The molecule has 2 heteroatoms. The van der Waals surface area contributed by atoms with E-state index in [1.165, 1.54) is 0 Å². The van der Waals surface area contributed by atoms with Crippen LogP contribution in [-0.2, 0) is 4.79 Å². The number of carbonyl (C=O) groups is 1. The molecular weight excluding hydrogens is 224 g/mol. The molecule has 0 saturated heterocycles. The molecular formula is C16H18O2. The fourth-order valence-corrected chi connectivity index (χ4v) is 1.68. The van der Waals surface area contributed by atoms with Crippen LogP contribution in [0.15, 0.2) is 42.5 Å². The van der Waals surface area contributed by atoms with Gasteiger partial charge in [0.2, 0.25) is 0 Å². The molecule has 0 atom stereocenters. The van der Waals surface area contributed by atoms with Gasteiger partial charge in [0.15, 0.2) is 5.78 Å². The van der Waals surface area contributed by atoms with Gasteiger partial charge in [0.25, 0.3) is 0 Å². The van der Waals surface area contributed by atoms with Crippen LogP contribution in [0.5, 0.6) is 5.75 Å². The Morgan fingerprint density at radius 1 is 1.06 bits per heavy atom. The molecule has 18 heavy (non-hydrogen) atoms. The van der Waals surface area contributed by atoms with E-state index in [2.05, 4.69) is 0 Å². The minimum atomic E-state index is -0.357. The summed E-state index contributed by atoms with van der Waals surface area (Å²) in [5, 5.41) is 2.17. The fourth-order valence-electron chi connectivity index (χ4n) is 1.68. The van der Waals surface area contributed by atoms with Crippen LogP contribution in [0.25, 0.3) is 10.8 Å². The Hall–Kier alpha value is -1.83. The predicted octanol–water partition coefficient (Wildman–Crippen LogP) is 3.83. The Bertz CT molecular complexity index is 559. The van der Waals surface area contributed by atoms with E-state index >= 15 is 0 Å². The van der Waals surface area contributed by atoms with Gasteiger partial charge in [-0.25, -0.2) is 0 Å². The van der Waals surface area contributed by atoms with E-state index in [0.717, 1.165) is 16.5 Å². The van der Waals surface area contributed by atoms with Crippen molar-refractivity contribution >= 4 is 16.6 Å². The second kappa shape index (κ2) is 4.81. The zero-order chi connectivity index (χ0) is 13.2. The smallest absolute Gasteiger partial charge is 0.175 e. The third-order valence-electron chi connectivity index (χ3n) is 2.94. The van der Waals surface area contributed by atoms with Gasteiger partial charge in [-0.15, -0.1) is 0 Å². The first-order chi connectivity index (χ1) is 8.48. The molecule has 0 saturated carbocycles. The van der Waals surface area contributed by atoms with Crippen molar-refractivity contribution in [2.45, 2.75) is 20.8 Å². The van der Waals surface area contributed by atoms with Crippen molar-refractivity contribution < 1.29 is 9.53 Å². The maximum Gasteiger partial charge on any atom is 0.175 e. The molecule has 0 fully saturated rings. The zero-order valence-corrected chi connectivity index (χ0v) is 11.1. The summed E-state index contributed by atoms with van der Waals surface area (Å²) < 4.78 is 5.66. The van der Waals surface area contributed by atoms with E-state index in [0.29, 0.717) is 0 Å². The Morgan fingerprint density at radius 3 is 2.44 bits per heavy atom. The summed E-state index contributed by atoms with van der Waals surface area (Å²) in [7, 11) is 0. The first-order valence-corrected chi connectivity index (χ1v) is 6.12. The summed E-state index contributed by atoms with van der Waals surface area (Å²) in [5.74, 6) is 0.876. The van der Waals surface area contributed by atoms with Crippen LogP contribution in [0.3, 0.4) is 0 Å². The highest BCUT2D eigenvalue weighted by molar-refractivity contribution is 5.89. The first-order valence-electron chi connectivity index (χ1n) is 6.12. The summed E-state index contributed by atoms with van der Waals surface area (Å²) in [5.41, 5.74) is -0.357. The quantitative estimate of drug-likeness (QED) is 0.817. The number of hydrogen-bond acceptors (Lipinski definition) is 2. The molecule has 0 heterocycles. The van der Waals surface area contributed by atoms with Crippen molar-refractivity contribution in [3.8, 4) is 5.75 Å². The van der Waals surface area contributed by atoms with Crippen molar-refractivity contribution in [3.05, 3.63) is 42.5 Å². The molecule has 0 aliphatic rings. The molecule has 0 aromatic heterocycles. The maximum absolute atomic E-state index is 11.8. The standard InChI is InChI=1S/C16H18O2/c1-16(2,3)15(17)11-18-14-10-6-8-12-7-4-5-9-13(12)14/h4-10H,11H2,1-3H3. The number of ether oxygens (including phenoxy) is 1. The van der Waals surface area contributed by atoms with Gasteiger partial charge in [-0.2, -0.15) is 0 Å². The monoisotopic (exact) mass is 242 g/mol. The maximum atomic E-state index is 11.8. The fraction of sp³-hybridized carbons (Fsp3) is 0.312. The number of benzene rings is 2. The summed E-state index contributed by atoms with van der Waals surface area (Å²) >= 11 is 0. The molecule has 0 aliphatic heterocycles. The molecule has 0 aliphatic carbocycles. The highest BCUT2D eigenvalue weighted by Crippen LogP contribution is 2.25. The van der Waals surface area contributed by atoms with Crippen molar-refractivity contribution in [1.29, 1.82) is 0 Å². The largest absolute Gasteiger partial charge is 0.485 e. The summed E-state index contributed by atoms with van der Waals surface area (Å²) in [6.07, 6.45) is 0. The third-order valence-corrected chi connectivity index (χ3v) is 2.94. The topological polar surface area (TPSA) is 26.3 Å². The van der Waals surface area contributed by atoms with Crippen LogP contribution in [0.4, 0.5) is 0 Å². The minimum absolute atomic E-state index is 0.107. The van der Waals surface area contributed by atoms with Crippen LogP contribution in [0.1, 0.15) is 20.8 Å². The van der Waals surface area contributed by atoms with Crippen LogP contribution in [0.2, 0.25) is 0 Å². The average Bonchev–Trinajstić information content (AvgIpc) is 2.34. The van der Waals surface area contributed by atoms with Crippen LogP contribution < -0.4 is 4.74 Å². The van der Waals surface area contributed by atoms with Gasteiger partial charge in [0.05, 0.1) is 0 Å². The first kappa shape index (κ1) is 12.6. The van der Waals surface area contributed by atoms with E-state index < -0.39 is 0 Å². The number of fused-ring (bicyclic) bond motifs is 1.